The molecule has 0 unspecified atom stereocenters. The highest BCUT2D eigenvalue weighted by atomic mass is 16.5. The third-order valence-corrected chi connectivity index (χ3v) is 3.99. The molecule has 2 aliphatic rings. The number of fused-ring (bicyclic) bond motifs is 2. The molecule has 4 heteroatoms. The molecule has 1 aromatic carbocycles. The summed E-state index contributed by atoms with van der Waals surface area (Å²) in [5, 5.41) is 2.86. The van der Waals surface area contributed by atoms with Crippen molar-refractivity contribution in [3.63, 3.8) is 0 Å². The first-order chi connectivity index (χ1) is 9.83. The molecule has 0 fully saturated rings. The Morgan fingerprint density at radius 2 is 2.10 bits per heavy atom. The van der Waals surface area contributed by atoms with Crippen LogP contribution in [-0.4, -0.2) is 17.5 Å². The van der Waals surface area contributed by atoms with E-state index >= 15 is 0 Å². The smallest absolute Gasteiger partial charge is 0.228 e. The molecule has 3 heterocycles. The molecule has 4 rings (SSSR count). The number of rotatable bonds is 1. The largest absolute Gasteiger partial charge is 0.376 e. The van der Waals surface area contributed by atoms with E-state index in [2.05, 4.69) is 22.4 Å². The number of benzene rings is 1. The van der Waals surface area contributed by atoms with Crippen LogP contribution >= 0.6 is 0 Å². The first-order valence-electron chi connectivity index (χ1n) is 6.78. The van der Waals surface area contributed by atoms with Gasteiger partial charge in [0, 0.05) is 11.8 Å². The maximum Gasteiger partial charge on any atom is 0.228 e. The van der Waals surface area contributed by atoms with Crippen LogP contribution in [0.15, 0.2) is 30.6 Å². The van der Waals surface area contributed by atoms with Gasteiger partial charge in [-0.3, -0.25) is 9.78 Å². The third-order valence-electron chi connectivity index (χ3n) is 3.99. The lowest BCUT2D eigenvalue weighted by Crippen LogP contribution is -2.11. The average Bonchev–Trinajstić information content (AvgIpc) is 2.87. The van der Waals surface area contributed by atoms with Gasteiger partial charge in [0.05, 0.1) is 31.5 Å². The molecule has 4 nitrogen and oxygen atoms in total. The number of pyridine rings is 1. The van der Waals surface area contributed by atoms with Gasteiger partial charge in [0.15, 0.2) is 0 Å². The molecule has 0 radical (unpaired) electrons. The van der Waals surface area contributed by atoms with Crippen molar-refractivity contribution >= 4 is 11.6 Å². The fraction of sp³-hybridized carbons (Fsp3) is 0.250. The molecule has 0 spiro atoms. The highest BCUT2D eigenvalue weighted by Crippen LogP contribution is 2.36. The van der Waals surface area contributed by atoms with Crippen LogP contribution in [0.3, 0.4) is 0 Å². The molecule has 20 heavy (non-hydrogen) atoms. The Balaban J connectivity index is 1.91. The SMILES string of the molecule is O=C1Cc2c(cncc2-c2cccc3c2CCOC3)N1. The highest BCUT2D eigenvalue weighted by Gasteiger charge is 2.24. The number of aromatic nitrogens is 1. The van der Waals surface area contributed by atoms with Crippen LogP contribution < -0.4 is 5.32 Å². The molecule has 0 saturated heterocycles. The van der Waals surface area contributed by atoms with Crippen molar-refractivity contribution in [2.45, 2.75) is 19.4 Å². The van der Waals surface area contributed by atoms with Gasteiger partial charge in [0.1, 0.15) is 0 Å². The molecule has 1 aromatic heterocycles. The number of hydrogen-bond donors (Lipinski definition) is 1. The Morgan fingerprint density at radius 3 is 3.05 bits per heavy atom. The second-order valence-corrected chi connectivity index (χ2v) is 5.18. The zero-order chi connectivity index (χ0) is 13.5. The van der Waals surface area contributed by atoms with Crippen molar-refractivity contribution in [1.29, 1.82) is 0 Å². The van der Waals surface area contributed by atoms with E-state index in [9.17, 15) is 4.79 Å². The van der Waals surface area contributed by atoms with Gasteiger partial charge in [-0.05, 0) is 28.7 Å². The van der Waals surface area contributed by atoms with E-state index in [1.54, 1.807) is 6.20 Å². The normalized spacial score (nSPS) is 16.5. The number of ether oxygens (including phenoxy) is 1. The number of carbonyl (C=O) groups is 1. The molecule has 1 amide bonds. The lowest BCUT2D eigenvalue weighted by Gasteiger charge is -2.20. The van der Waals surface area contributed by atoms with Crippen molar-refractivity contribution in [3.8, 4) is 11.1 Å². The molecule has 100 valence electrons. The monoisotopic (exact) mass is 266 g/mol. The number of anilines is 1. The lowest BCUT2D eigenvalue weighted by molar-refractivity contribution is -0.115. The Kier molecular flexibility index (Phi) is 2.57. The molecular formula is C16H14N2O2. The predicted octanol–water partition coefficient (Wildman–Crippen LogP) is 2.32. The fourth-order valence-corrected chi connectivity index (χ4v) is 3.05. The van der Waals surface area contributed by atoms with Gasteiger partial charge in [0.25, 0.3) is 0 Å². The van der Waals surface area contributed by atoms with Crippen molar-refractivity contribution in [2.75, 3.05) is 11.9 Å². The molecule has 0 aliphatic carbocycles. The summed E-state index contributed by atoms with van der Waals surface area (Å²) in [5.41, 5.74) is 6.73. The molecule has 0 atom stereocenters. The van der Waals surface area contributed by atoms with Crippen molar-refractivity contribution in [2.24, 2.45) is 0 Å². The predicted molar refractivity (Wildman–Crippen MR) is 75.4 cm³/mol. The number of nitrogens with one attached hydrogen (secondary N) is 1. The maximum absolute atomic E-state index is 11.6. The molecule has 2 aromatic rings. The molecule has 0 saturated carbocycles. The first kappa shape index (κ1) is 11.6. The summed E-state index contributed by atoms with van der Waals surface area (Å²) in [4.78, 5) is 15.9. The zero-order valence-corrected chi connectivity index (χ0v) is 11.0. The zero-order valence-electron chi connectivity index (χ0n) is 11.0. The molecule has 0 bridgehead atoms. The first-order valence-corrected chi connectivity index (χ1v) is 6.78. The Hall–Kier alpha value is -2.20. The molecule has 2 aliphatic heterocycles. The quantitative estimate of drug-likeness (QED) is 0.861. The van der Waals surface area contributed by atoms with E-state index in [1.807, 2.05) is 12.3 Å². The minimum atomic E-state index is 0.0439. The lowest BCUT2D eigenvalue weighted by atomic mass is 9.90. The number of amides is 1. The minimum Gasteiger partial charge on any atom is -0.376 e. The Morgan fingerprint density at radius 1 is 1.15 bits per heavy atom. The van der Waals surface area contributed by atoms with Crippen LogP contribution in [0.5, 0.6) is 0 Å². The number of nitrogens with zero attached hydrogens (tertiary/aromatic N) is 1. The summed E-state index contributed by atoms with van der Waals surface area (Å²) in [6.45, 7) is 1.42. The Bertz CT molecular complexity index is 710. The van der Waals surface area contributed by atoms with Gasteiger partial charge in [-0.2, -0.15) is 0 Å². The summed E-state index contributed by atoms with van der Waals surface area (Å²) in [5.74, 6) is 0.0439. The van der Waals surface area contributed by atoms with E-state index < -0.39 is 0 Å². The van der Waals surface area contributed by atoms with Gasteiger partial charge in [0.2, 0.25) is 5.91 Å². The average molecular weight is 266 g/mol. The minimum absolute atomic E-state index is 0.0439. The van der Waals surface area contributed by atoms with E-state index in [0.717, 1.165) is 29.8 Å². The molecular weight excluding hydrogens is 252 g/mol. The standard InChI is InChI=1S/C16H14N2O2/c19-16-6-13-14(7-17-8-15(13)18-16)12-3-1-2-10-9-20-5-4-11(10)12/h1-3,7-8H,4-6,9H2,(H,18,19). The van der Waals surface area contributed by atoms with E-state index in [1.165, 1.54) is 16.7 Å². The second-order valence-electron chi connectivity index (χ2n) is 5.18. The van der Waals surface area contributed by atoms with Gasteiger partial charge in [-0.25, -0.2) is 0 Å². The van der Waals surface area contributed by atoms with Crippen LogP contribution in [0.4, 0.5) is 5.69 Å². The van der Waals surface area contributed by atoms with Crippen LogP contribution in [0.25, 0.3) is 11.1 Å². The van der Waals surface area contributed by atoms with Crippen molar-refractivity contribution in [1.82, 2.24) is 4.98 Å². The highest BCUT2D eigenvalue weighted by molar-refractivity contribution is 6.01. The van der Waals surface area contributed by atoms with Crippen LogP contribution in [0.2, 0.25) is 0 Å². The fourth-order valence-electron chi connectivity index (χ4n) is 3.05. The summed E-state index contributed by atoms with van der Waals surface area (Å²) in [6.07, 6.45) is 4.94. The maximum atomic E-state index is 11.6. The topological polar surface area (TPSA) is 51.2 Å². The summed E-state index contributed by atoms with van der Waals surface area (Å²) >= 11 is 0. The van der Waals surface area contributed by atoms with Crippen molar-refractivity contribution < 1.29 is 9.53 Å². The van der Waals surface area contributed by atoms with Gasteiger partial charge in [-0.15, -0.1) is 0 Å². The van der Waals surface area contributed by atoms with Crippen LogP contribution in [-0.2, 0) is 29.0 Å². The van der Waals surface area contributed by atoms with Gasteiger partial charge in [-0.1, -0.05) is 18.2 Å². The summed E-state index contributed by atoms with van der Waals surface area (Å²) in [6, 6.07) is 6.27. The van der Waals surface area contributed by atoms with Crippen LogP contribution in [0.1, 0.15) is 16.7 Å². The Labute approximate surface area is 116 Å². The van der Waals surface area contributed by atoms with Crippen LogP contribution in [0, 0.1) is 0 Å². The number of hydrogen-bond acceptors (Lipinski definition) is 3. The van der Waals surface area contributed by atoms with Crippen molar-refractivity contribution in [3.05, 3.63) is 47.3 Å². The van der Waals surface area contributed by atoms with E-state index in [-0.39, 0.29) is 5.91 Å². The third kappa shape index (κ3) is 1.72. The number of carbonyl (C=O) groups excluding carboxylic acids is 1. The molecule has 1 N–H and O–H groups in total. The second kappa shape index (κ2) is 4.42. The summed E-state index contributed by atoms with van der Waals surface area (Å²) in [7, 11) is 0. The van der Waals surface area contributed by atoms with Gasteiger partial charge >= 0.3 is 0 Å². The van der Waals surface area contributed by atoms with E-state index in [4.69, 9.17) is 4.74 Å². The van der Waals surface area contributed by atoms with Gasteiger partial charge < -0.3 is 10.1 Å². The van der Waals surface area contributed by atoms with E-state index in [0.29, 0.717) is 13.0 Å². The summed E-state index contributed by atoms with van der Waals surface area (Å²) < 4.78 is 5.51.